The van der Waals surface area contributed by atoms with Crippen LogP contribution in [0.1, 0.15) is 27.2 Å². The summed E-state index contributed by atoms with van der Waals surface area (Å²) < 4.78 is 5.17. The van der Waals surface area contributed by atoms with Crippen LogP contribution in [0.4, 0.5) is 4.79 Å². The van der Waals surface area contributed by atoms with Gasteiger partial charge in [-0.3, -0.25) is 0 Å². The van der Waals surface area contributed by atoms with Gasteiger partial charge in [0.25, 0.3) is 0 Å². The lowest BCUT2D eigenvalue weighted by molar-refractivity contribution is 0.0517. The molecule has 0 aromatic rings. The number of carbonyl (C=O) groups is 1. The lowest BCUT2D eigenvalue weighted by Crippen LogP contribution is -2.44. The number of ether oxygens (including phenoxy) is 1. The second-order valence-corrected chi connectivity index (χ2v) is 6.32. The topological polar surface area (TPSA) is 64.3 Å². The SMILES string of the molecule is CC(C)(C)OC(=O)NCC1CCSCC1N. The maximum absolute atomic E-state index is 11.4. The molecular formula is C11H22N2O2S. The summed E-state index contributed by atoms with van der Waals surface area (Å²) in [6.45, 7) is 6.19. The van der Waals surface area contributed by atoms with Crippen molar-refractivity contribution in [1.82, 2.24) is 5.32 Å². The largest absolute Gasteiger partial charge is 0.444 e. The number of alkyl carbamates (subject to hydrolysis) is 1. The van der Waals surface area contributed by atoms with E-state index in [9.17, 15) is 4.79 Å². The second-order valence-electron chi connectivity index (χ2n) is 5.17. The van der Waals surface area contributed by atoms with Crippen molar-refractivity contribution in [3.63, 3.8) is 0 Å². The number of amides is 1. The Morgan fingerprint density at radius 3 is 2.81 bits per heavy atom. The van der Waals surface area contributed by atoms with E-state index >= 15 is 0 Å². The summed E-state index contributed by atoms with van der Waals surface area (Å²) in [6.07, 6.45) is 0.722. The summed E-state index contributed by atoms with van der Waals surface area (Å²) in [5.74, 6) is 2.50. The predicted octanol–water partition coefficient (Wildman–Crippen LogP) is 1.59. The zero-order valence-corrected chi connectivity index (χ0v) is 11.1. The Balaban J connectivity index is 2.25. The Kier molecular flexibility index (Phi) is 4.92. The molecule has 1 rings (SSSR count). The van der Waals surface area contributed by atoms with Crippen LogP contribution < -0.4 is 11.1 Å². The first-order valence-corrected chi connectivity index (χ1v) is 6.84. The van der Waals surface area contributed by atoms with Crippen molar-refractivity contribution in [3.8, 4) is 0 Å². The van der Waals surface area contributed by atoms with E-state index in [4.69, 9.17) is 10.5 Å². The smallest absolute Gasteiger partial charge is 0.407 e. The van der Waals surface area contributed by atoms with Crippen LogP contribution in [0.15, 0.2) is 0 Å². The van der Waals surface area contributed by atoms with Gasteiger partial charge in [-0.05, 0) is 38.9 Å². The normalized spacial score (nSPS) is 26.2. The average Bonchev–Trinajstić information content (AvgIpc) is 2.14. The number of thioether (sulfide) groups is 1. The van der Waals surface area contributed by atoms with Crippen molar-refractivity contribution >= 4 is 17.9 Å². The zero-order valence-electron chi connectivity index (χ0n) is 10.3. The Morgan fingerprint density at radius 2 is 2.25 bits per heavy atom. The molecule has 1 amide bonds. The van der Waals surface area contributed by atoms with Crippen molar-refractivity contribution in [2.75, 3.05) is 18.1 Å². The van der Waals surface area contributed by atoms with E-state index in [0.29, 0.717) is 12.5 Å². The maximum Gasteiger partial charge on any atom is 0.407 e. The summed E-state index contributed by atoms with van der Waals surface area (Å²) in [5, 5.41) is 2.79. The fourth-order valence-corrected chi connectivity index (χ4v) is 2.77. The number of nitrogens with one attached hydrogen (secondary N) is 1. The van der Waals surface area contributed by atoms with Gasteiger partial charge in [0, 0.05) is 18.3 Å². The second kappa shape index (κ2) is 5.77. The van der Waals surface area contributed by atoms with Gasteiger partial charge in [-0.15, -0.1) is 0 Å². The molecule has 0 spiro atoms. The third kappa shape index (κ3) is 5.07. The molecule has 0 aliphatic carbocycles. The molecule has 1 saturated heterocycles. The third-order valence-electron chi connectivity index (χ3n) is 2.46. The molecule has 0 radical (unpaired) electrons. The average molecular weight is 246 g/mol. The first-order chi connectivity index (χ1) is 7.38. The molecule has 0 bridgehead atoms. The molecule has 1 fully saturated rings. The van der Waals surface area contributed by atoms with Gasteiger partial charge in [-0.2, -0.15) is 11.8 Å². The maximum atomic E-state index is 11.4. The molecule has 94 valence electrons. The van der Waals surface area contributed by atoms with Crippen LogP contribution >= 0.6 is 11.8 Å². The van der Waals surface area contributed by atoms with E-state index in [0.717, 1.165) is 17.9 Å². The van der Waals surface area contributed by atoms with E-state index < -0.39 is 5.60 Å². The molecular weight excluding hydrogens is 224 g/mol. The molecule has 1 aliphatic heterocycles. The van der Waals surface area contributed by atoms with Gasteiger partial charge in [0.05, 0.1) is 0 Å². The summed E-state index contributed by atoms with van der Waals surface area (Å²) in [6, 6.07) is 0.189. The van der Waals surface area contributed by atoms with Crippen LogP contribution in [0.25, 0.3) is 0 Å². The minimum absolute atomic E-state index is 0.189. The minimum Gasteiger partial charge on any atom is -0.444 e. The van der Waals surface area contributed by atoms with Gasteiger partial charge >= 0.3 is 6.09 Å². The van der Waals surface area contributed by atoms with Crippen molar-refractivity contribution in [3.05, 3.63) is 0 Å². The van der Waals surface area contributed by atoms with E-state index in [1.54, 1.807) is 0 Å². The molecule has 2 atom stereocenters. The molecule has 16 heavy (non-hydrogen) atoms. The highest BCUT2D eigenvalue weighted by Gasteiger charge is 2.23. The van der Waals surface area contributed by atoms with E-state index in [-0.39, 0.29) is 12.1 Å². The molecule has 3 N–H and O–H groups in total. The van der Waals surface area contributed by atoms with Crippen molar-refractivity contribution in [1.29, 1.82) is 0 Å². The Hall–Kier alpha value is -0.420. The minimum atomic E-state index is -0.436. The van der Waals surface area contributed by atoms with Gasteiger partial charge < -0.3 is 15.8 Å². The summed E-state index contributed by atoms with van der Waals surface area (Å²) in [4.78, 5) is 11.4. The monoisotopic (exact) mass is 246 g/mol. The number of nitrogens with two attached hydrogens (primary N) is 1. The fourth-order valence-electron chi connectivity index (χ4n) is 1.59. The van der Waals surface area contributed by atoms with Crippen molar-refractivity contribution < 1.29 is 9.53 Å². The molecule has 0 aromatic carbocycles. The number of rotatable bonds is 2. The highest BCUT2D eigenvalue weighted by molar-refractivity contribution is 7.99. The van der Waals surface area contributed by atoms with Gasteiger partial charge in [0.1, 0.15) is 5.60 Å². The van der Waals surface area contributed by atoms with Crippen LogP contribution in [0, 0.1) is 5.92 Å². The van der Waals surface area contributed by atoms with Crippen LogP contribution in [-0.2, 0) is 4.74 Å². The molecule has 0 aromatic heterocycles. The summed E-state index contributed by atoms with van der Waals surface area (Å²) >= 11 is 1.88. The lowest BCUT2D eigenvalue weighted by atomic mass is 9.98. The molecule has 1 aliphatic rings. The van der Waals surface area contributed by atoms with Crippen LogP contribution in [0.2, 0.25) is 0 Å². The number of carbonyl (C=O) groups excluding carboxylic acids is 1. The third-order valence-corrected chi connectivity index (χ3v) is 3.60. The highest BCUT2D eigenvalue weighted by Crippen LogP contribution is 2.21. The Labute approximate surface area is 102 Å². The van der Waals surface area contributed by atoms with E-state index in [1.807, 2.05) is 32.5 Å². The molecule has 1 heterocycles. The quantitative estimate of drug-likeness (QED) is 0.776. The van der Waals surface area contributed by atoms with Crippen LogP contribution in [0.5, 0.6) is 0 Å². The van der Waals surface area contributed by atoms with Gasteiger partial charge in [-0.1, -0.05) is 0 Å². The molecule has 2 unspecified atom stereocenters. The van der Waals surface area contributed by atoms with Gasteiger partial charge in [-0.25, -0.2) is 4.79 Å². The van der Waals surface area contributed by atoms with Crippen LogP contribution in [-0.4, -0.2) is 35.8 Å². The summed E-state index contributed by atoms with van der Waals surface area (Å²) in [5.41, 5.74) is 5.54. The van der Waals surface area contributed by atoms with Crippen molar-refractivity contribution in [2.45, 2.75) is 38.8 Å². The van der Waals surface area contributed by atoms with E-state index in [1.165, 1.54) is 0 Å². The van der Waals surface area contributed by atoms with Gasteiger partial charge in [0.15, 0.2) is 0 Å². The Bertz CT molecular complexity index is 241. The van der Waals surface area contributed by atoms with Crippen LogP contribution in [0.3, 0.4) is 0 Å². The molecule has 5 heteroatoms. The molecule has 0 saturated carbocycles. The predicted molar refractivity (Wildman–Crippen MR) is 67.6 cm³/mol. The zero-order chi connectivity index (χ0) is 12.2. The molecule has 4 nitrogen and oxygen atoms in total. The van der Waals surface area contributed by atoms with Crippen molar-refractivity contribution in [2.24, 2.45) is 11.7 Å². The fraction of sp³-hybridized carbons (Fsp3) is 0.909. The van der Waals surface area contributed by atoms with Gasteiger partial charge in [0.2, 0.25) is 0 Å². The summed E-state index contributed by atoms with van der Waals surface area (Å²) in [7, 11) is 0. The standard InChI is InChI=1S/C11H22N2O2S/c1-11(2,3)15-10(14)13-6-8-4-5-16-7-9(8)12/h8-9H,4-7,12H2,1-3H3,(H,13,14). The van der Waals surface area contributed by atoms with E-state index in [2.05, 4.69) is 5.32 Å². The first-order valence-electron chi connectivity index (χ1n) is 5.68. The number of hydrogen-bond donors (Lipinski definition) is 2. The first kappa shape index (κ1) is 13.6. The lowest BCUT2D eigenvalue weighted by Gasteiger charge is -2.28. The highest BCUT2D eigenvalue weighted by atomic mass is 32.2. The number of hydrogen-bond acceptors (Lipinski definition) is 4. The Morgan fingerprint density at radius 1 is 1.56 bits per heavy atom.